The molecule has 7 heteroatoms. The summed E-state index contributed by atoms with van der Waals surface area (Å²) in [7, 11) is -3.39. The van der Waals surface area contributed by atoms with Crippen LogP contribution in [0, 0.1) is 5.92 Å². The number of rotatable bonds is 12. The van der Waals surface area contributed by atoms with Gasteiger partial charge in [-0.05, 0) is 75.6 Å². The lowest BCUT2D eigenvalue weighted by molar-refractivity contribution is 0.198. The molecule has 31 heavy (non-hydrogen) atoms. The summed E-state index contributed by atoms with van der Waals surface area (Å²) in [5.41, 5.74) is 7.05. The minimum Gasteiger partial charge on any atom is -0.330 e. The van der Waals surface area contributed by atoms with Crippen LogP contribution in [0.5, 0.6) is 0 Å². The molecular weight excluding hydrogens is 408 g/mol. The number of nitrogens with two attached hydrogens (primary N) is 1. The summed E-state index contributed by atoms with van der Waals surface area (Å²) in [5.74, 6) is 1.26. The molecule has 3 N–H and O–H groups in total. The van der Waals surface area contributed by atoms with Gasteiger partial charge in [-0.2, -0.15) is 12.7 Å². The molecule has 2 aliphatic rings. The molecule has 0 amide bonds. The molecular formula is C24H42N4O2S. The normalized spacial score (nSPS) is 19.8. The minimum atomic E-state index is -3.39. The highest BCUT2D eigenvalue weighted by Crippen LogP contribution is 2.28. The van der Waals surface area contributed by atoms with E-state index in [2.05, 4.69) is 33.9 Å². The summed E-state index contributed by atoms with van der Waals surface area (Å²) in [4.78, 5) is 2.50. The molecule has 6 nitrogen and oxygen atoms in total. The van der Waals surface area contributed by atoms with Gasteiger partial charge in [0.2, 0.25) is 0 Å². The molecule has 0 bridgehead atoms. The van der Waals surface area contributed by atoms with Gasteiger partial charge in [0, 0.05) is 26.2 Å². The first-order chi connectivity index (χ1) is 15.1. The molecule has 1 saturated heterocycles. The number of benzene rings is 1. The zero-order chi connectivity index (χ0) is 21.9. The Bertz CT molecular complexity index is 714. The molecule has 0 radical (unpaired) electrons. The van der Waals surface area contributed by atoms with E-state index in [9.17, 15) is 8.42 Å². The first-order valence-electron chi connectivity index (χ1n) is 12.3. The smallest absolute Gasteiger partial charge is 0.279 e. The Morgan fingerprint density at radius 1 is 0.968 bits per heavy atom. The summed E-state index contributed by atoms with van der Waals surface area (Å²) >= 11 is 0. The fourth-order valence-electron chi connectivity index (χ4n) is 5.09. The Labute approximate surface area is 189 Å². The van der Waals surface area contributed by atoms with E-state index in [4.69, 9.17) is 5.73 Å². The van der Waals surface area contributed by atoms with E-state index in [1.54, 1.807) is 4.31 Å². The molecule has 1 heterocycles. The van der Waals surface area contributed by atoms with Crippen molar-refractivity contribution in [3.8, 4) is 0 Å². The van der Waals surface area contributed by atoms with Gasteiger partial charge in [0.05, 0.1) is 0 Å². The van der Waals surface area contributed by atoms with Crippen molar-refractivity contribution in [1.29, 1.82) is 0 Å². The van der Waals surface area contributed by atoms with Crippen molar-refractivity contribution in [2.75, 3.05) is 45.8 Å². The summed E-state index contributed by atoms with van der Waals surface area (Å²) in [6, 6.07) is 10.4. The highest BCUT2D eigenvalue weighted by atomic mass is 32.2. The van der Waals surface area contributed by atoms with Gasteiger partial charge in [-0.15, -0.1) is 0 Å². The van der Waals surface area contributed by atoms with E-state index < -0.39 is 10.2 Å². The fraction of sp³-hybridized carbons (Fsp3) is 0.750. The molecule has 0 aromatic heterocycles. The lowest BCUT2D eigenvalue weighted by Gasteiger charge is -2.32. The molecule has 0 unspecified atom stereocenters. The van der Waals surface area contributed by atoms with E-state index in [0.29, 0.717) is 32.1 Å². The second-order valence-electron chi connectivity index (χ2n) is 9.28. The fourth-order valence-corrected chi connectivity index (χ4v) is 6.37. The molecule has 2 fully saturated rings. The maximum absolute atomic E-state index is 12.7. The Morgan fingerprint density at radius 2 is 1.65 bits per heavy atom. The van der Waals surface area contributed by atoms with Crippen molar-refractivity contribution in [3.05, 3.63) is 35.9 Å². The average molecular weight is 451 g/mol. The molecule has 0 atom stereocenters. The number of hydrogen-bond donors (Lipinski definition) is 2. The number of nitrogens with one attached hydrogen (secondary N) is 1. The van der Waals surface area contributed by atoms with Gasteiger partial charge >= 0.3 is 0 Å². The number of piperidine rings is 1. The standard InChI is InChI=1S/C24H42N4O2S/c25-15-7-17-27(21-22-9-3-1-4-10-22)18-8-16-26-31(29,30)28-19-13-24(14-20-28)23-11-5-2-6-12-23/h2,5-6,11-12,22,24,26H,1,3-4,7-10,13-21,25H2. The quantitative estimate of drug-likeness (QED) is 0.479. The van der Waals surface area contributed by atoms with Gasteiger partial charge in [0.15, 0.2) is 0 Å². The maximum Gasteiger partial charge on any atom is 0.279 e. The summed E-state index contributed by atoms with van der Waals surface area (Å²) in [6.07, 6.45) is 10.4. The van der Waals surface area contributed by atoms with E-state index in [0.717, 1.165) is 51.2 Å². The maximum atomic E-state index is 12.7. The zero-order valence-corrected chi connectivity index (χ0v) is 19.9. The first-order valence-corrected chi connectivity index (χ1v) is 13.7. The van der Waals surface area contributed by atoms with Crippen LogP contribution < -0.4 is 10.5 Å². The second kappa shape index (κ2) is 12.9. The van der Waals surface area contributed by atoms with Crippen LogP contribution in [0.4, 0.5) is 0 Å². The van der Waals surface area contributed by atoms with Gasteiger partial charge < -0.3 is 10.6 Å². The Morgan fingerprint density at radius 3 is 2.32 bits per heavy atom. The molecule has 1 saturated carbocycles. The second-order valence-corrected chi connectivity index (χ2v) is 11.0. The van der Waals surface area contributed by atoms with Crippen LogP contribution in [0.3, 0.4) is 0 Å². The van der Waals surface area contributed by atoms with E-state index >= 15 is 0 Å². The van der Waals surface area contributed by atoms with Crippen LogP contribution in [0.2, 0.25) is 0 Å². The third kappa shape index (κ3) is 8.13. The predicted molar refractivity (Wildman–Crippen MR) is 128 cm³/mol. The molecule has 1 aromatic rings. The molecule has 0 spiro atoms. The van der Waals surface area contributed by atoms with Crippen molar-refractivity contribution in [1.82, 2.24) is 13.9 Å². The Hall–Kier alpha value is -0.990. The van der Waals surface area contributed by atoms with Gasteiger partial charge in [0.1, 0.15) is 0 Å². The Kier molecular flexibility index (Phi) is 10.3. The van der Waals surface area contributed by atoms with E-state index in [-0.39, 0.29) is 0 Å². The van der Waals surface area contributed by atoms with Crippen LogP contribution in [-0.2, 0) is 10.2 Å². The largest absolute Gasteiger partial charge is 0.330 e. The van der Waals surface area contributed by atoms with Crippen LogP contribution in [0.25, 0.3) is 0 Å². The number of nitrogens with zero attached hydrogens (tertiary/aromatic N) is 2. The number of hydrogen-bond acceptors (Lipinski definition) is 4. The van der Waals surface area contributed by atoms with Crippen LogP contribution in [0.1, 0.15) is 69.3 Å². The predicted octanol–water partition coefficient (Wildman–Crippen LogP) is 3.32. The van der Waals surface area contributed by atoms with Crippen molar-refractivity contribution in [2.24, 2.45) is 11.7 Å². The summed E-state index contributed by atoms with van der Waals surface area (Å²) in [6.45, 7) is 5.51. The lowest BCUT2D eigenvalue weighted by Crippen LogP contribution is -2.45. The van der Waals surface area contributed by atoms with E-state index in [1.807, 2.05) is 6.07 Å². The van der Waals surface area contributed by atoms with Crippen molar-refractivity contribution in [3.63, 3.8) is 0 Å². The monoisotopic (exact) mass is 450 g/mol. The molecule has 1 aliphatic heterocycles. The lowest BCUT2D eigenvalue weighted by atomic mass is 9.89. The summed E-state index contributed by atoms with van der Waals surface area (Å²) in [5, 5.41) is 0. The van der Waals surface area contributed by atoms with Crippen LogP contribution in [0.15, 0.2) is 30.3 Å². The van der Waals surface area contributed by atoms with Crippen molar-refractivity contribution in [2.45, 2.75) is 63.7 Å². The highest BCUT2D eigenvalue weighted by molar-refractivity contribution is 7.87. The average Bonchev–Trinajstić information content (AvgIpc) is 2.81. The van der Waals surface area contributed by atoms with Crippen LogP contribution in [-0.4, -0.2) is 63.4 Å². The summed E-state index contributed by atoms with van der Waals surface area (Å²) < 4.78 is 30.0. The van der Waals surface area contributed by atoms with Crippen molar-refractivity contribution >= 4 is 10.2 Å². The highest BCUT2D eigenvalue weighted by Gasteiger charge is 2.28. The molecule has 176 valence electrons. The Balaban J connectivity index is 1.38. The van der Waals surface area contributed by atoms with Gasteiger partial charge in [-0.25, -0.2) is 4.72 Å². The molecule has 1 aromatic carbocycles. The van der Waals surface area contributed by atoms with Crippen molar-refractivity contribution < 1.29 is 8.42 Å². The van der Waals surface area contributed by atoms with Crippen LogP contribution >= 0.6 is 0 Å². The molecule has 3 rings (SSSR count). The van der Waals surface area contributed by atoms with Gasteiger partial charge in [-0.3, -0.25) is 0 Å². The molecule has 1 aliphatic carbocycles. The SMILES string of the molecule is NCCCN(CCCNS(=O)(=O)N1CCC(c2ccccc2)CC1)CC1CCCCC1. The van der Waals surface area contributed by atoms with Gasteiger partial charge in [-0.1, -0.05) is 49.6 Å². The van der Waals surface area contributed by atoms with Gasteiger partial charge in [0.25, 0.3) is 10.2 Å². The topological polar surface area (TPSA) is 78.7 Å². The third-order valence-corrected chi connectivity index (χ3v) is 8.53. The zero-order valence-electron chi connectivity index (χ0n) is 19.1. The first kappa shape index (κ1) is 24.6. The van der Waals surface area contributed by atoms with E-state index in [1.165, 1.54) is 37.7 Å². The third-order valence-electron chi connectivity index (χ3n) is 6.92. The minimum absolute atomic E-state index is 0.462.